The van der Waals surface area contributed by atoms with Crippen LogP contribution in [0.3, 0.4) is 0 Å². The van der Waals surface area contributed by atoms with Crippen molar-refractivity contribution in [2.45, 2.75) is 24.9 Å². The Bertz CT molecular complexity index is 589. The van der Waals surface area contributed by atoms with Crippen molar-refractivity contribution >= 4 is 17.0 Å². The van der Waals surface area contributed by atoms with Crippen molar-refractivity contribution in [1.82, 2.24) is 19.5 Å². The molecule has 1 aliphatic rings. The summed E-state index contributed by atoms with van der Waals surface area (Å²) in [6.45, 7) is -0.659. The third-order valence-electron chi connectivity index (χ3n) is 3.05. The number of hydrogen-bond donors (Lipinski definition) is 2. The van der Waals surface area contributed by atoms with Crippen LogP contribution in [0.25, 0.3) is 11.2 Å². The molecule has 0 spiro atoms. The molecule has 2 atom stereocenters. The van der Waals surface area contributed by atoms with Crippen LogP contribution in [-0.2, 0) is 4.74 Å². The molecule has 1 saturated heterocycles. The summed E-state index contributed by atoms with van der Waals surface area (Å²) in [5.74, 6) is -1.72. The standard InChI is InChI=1S/C10H12FN5O2/c11-10(3-17)2-1-6(18-10)16-5-15-7-8(12)13-4-14-9(7)16/h4-6,17H,1-3H2,(H2,12,13,14)/t6-,10-/m1/s1. The van der Waals surface area contributed by atoms with Crippen LogP contribution < -0.4 is 5.73 Å². The van der Waals surface area contributed by atoms with Gasteiger partial charge in [-0.15, -0.1) is 0 Å². The van der Waals surface area contributed by atoms with Crippen molar-refractivity contribution in [2.24, 2.45) is 0 Å². The van der Waals surface area contributed by atoms with Crippen LogP contribution in [0.15, 0.2) is 12.7 Å². The molecule has 0 aromatic carbocycles. The number of rotatable bonds is 2. The van der Waals surface area contributed by atoms with E-state index in [4.69, 9.17) is 15.6 Å². The second-order valence-corrected chi connectivity index (χ2v) is 4.24. The van der Waals surface area contributed by atoms with Crippen LogP contribution >= 0.6 is 0 Å². The quantitative estimate of drug-likeness (QED) is 0.802. The third-order valence-corrected chi connectivity index (χ3v) is 3.05. The number of nitrogens with two attached hydrogens (primary N) is 1. The number of fused-ring (bicyclic) bond motifs is 1. The molecular formula is C10H12FN5O2. The molecule has 1 fully saturated rings. The van der Waals surface area contributed by atoms with Gasteiger partial charge >= 0.3 is 0 Å². The summed E-state index contributed by atoms with van der Waals surface area (Å²) in [4.78, 5) is 12.0. The normalized spacial score (nSPS) is 28.0. The number of nitrogens with zero attached hydrogens (tertiary/aromatic N) is 4. The first-order valence-corrected chi connectivity index (χ1v) is 5.53. The fraction of sp³-hybridized carbons (Fsp3) is 0.500. The summed E-state index contributed by atoms with van der Waals surface area (Å²) in [6, 6.07) is 0. The topological polar surface area (TPSA) is 99.1 Å². The largest absolute Gasteiger partial charge is 0.390 e. The molecule has 7 nitrogen and oxygen atoms in total. The maximum absolute atomic E-state index is 13.8. The van der Waals surface area contributed by atoms with Gasteiger partial charge < -0.3 is 15.6 Å². The number of halogens is 1. The monoisotopic (exact) mass is 253 g/mol. The summed E-state index contributed by atoms with van der Waals surface area (Å²) in [5, 5.41) is 8.93. The van der Waals surface area contributed by atoms with Crippen molar-refractivity contribution < 1.29 is 14.2 Å². The molecule has 8 heteroatoms. The fourth-order valence-electron chi connectivity index (χ4n) is 2.09. The molecule has 0 aliphatic carbocycles. The number of hydrogen-bond acceptors (Lipinski definition) is 6. The van der Waals surface area contributed by atoms with Crippen LogP contribution in [0.4, 0.5) is 10.2 Å². The number of ether oxygens (including phenoxy) is 1. The average molecular weight is 253 g/mol. The van der Waals surface area contributed by atoms with E-state index in [0.29, 0.717) is 17.6 Å². The Morgan fingerprint density at radius 2 is 2.39 bits per heavy atom. The molecule has 2 aromatic heterocycles. The van der Waals surface area contributed by atoms with Crippen LogP contribution in [0, 0.1) is 0 Å². The lowest BCUT2D eigenvalue weighted by molar-refractivity contribution is -0.175. The number of aliphatic hydroxyl groups is 1. The van der Waals surface area contributed by atoms with Gasteiger partial charge in [0.25, 0.3) is 0 Å². The van der Waals surface area contributed by atoms with E-state index in [1.54, 1.807) is 4.57 Å². The van der Waals surface area contributed by atoms with Gasteiger partial charge in [0.15, 0.2) is 11.5 Å². The highest BCUT2D eigenvalue weighted by Gasteiger charge is 2.41. The van der Waals surface area contributed by atoms with Crippen LogP contribution in [0.5, 0.6) is 0 Å². The third kappa shape index (κ3) is 1.61. The summed E-state index contributed by atoms with van der Waals surface area (Å²) >= 11 is 0. The molecule has 0 amide bonds. The van der Waals surface area contributed by atoms with Crippen molar-refractivity contribution in [2.75, 3.05) is 12.3 Å². The van der Waals surface area contributed by atoms with Crippen LogP contribution in [-0.4, -0.2) is 37.1 Å². The van der Waals surface area contributed by atoms with Crippen LogP contribution in [0.2, 0.25) is 0 Å². The van der Waals surface area contributed by atoms with E-state index in [2.05, 4.69) is 15.0 Å². The molecule has 0 unspecified atom stereocenters. The van der Waals surface area contributed by atoms with Gasteiger partial charge in [-0.3, -0.25) is 4.57 Å². The minimum Gasteiger partial charge on any atom is -0.390 e. The summed E-state index contributed by atoms with van der Waals surface area (Å²) in [5.41, 5.74) is 6.62. The molecule has 3 N–H and O–H groups in total. The van der Waals surface area contributed by atoms with Gasteiger partial charge in [-0.1, -0.05) is 0 Å². The molecule has 2 aromatic rings. The smallest absolute Gasteiger partial charge is 0.234 e. The van der Waals surface area contributed by atoms with Gasteiger partial charge in [0.05, 0.1) is 6.33 Å². The maximum atomic E-state index is 13.8. The van der Waals surface area contributed by atoms with Gasteiger partial charge in [-0.25, -0.2) is 19.3 Å². The van der Waals surface area contributed by atoms with E-state index in [9.17, 15) is 4.39 Å². The van der Waals surface area contributed by atoms with Gasteiger partial charge in [-0.2, -0.15) is 0 Å². The highest BCUT2D eigenvalue weighted by Crippen LogP contribution is 2.38. The number of aromatic nitrogens is 4. The summed E-state index contributed by atoms with van der Waals surface area (Å²) in [7, 11) is 0. The van der Waals surface area contributed by atoms with E-state index >= 15 is 0 Å². The number of aliphatic hydroxyl groups excluding tert-OH is 1. The number of alkyl halides is 1. The van der Waals surface area contributed by atoms with Crippen molar-refractivity contribution in [1.29, 1.82) is 0 Å². The Kier molecular flexibility index (Phi) is 2.42. The minimum absolute atomic E-state index is 0.133. The molecular weight excluding hydrogens is 241 g/mol. The van der Waals surface area contributed by atoms with Crippen molar-refractivity contribution in [3.05, 3.63) is 12.7 Å². The van der Waals surface area contributed by atoms with E-state index in [0.717, 1.165) is 0 Å². The second-order valence-electron chi connectivity index (χ2n) is 4.24. The first-order chi connectivity index (χ1) is 8.63. The highest BCUT2D eigenvalue weighted by molar-refractivity contribution is 5.81. The molecule has 18 heavy (non-hydrogen) atoms. The molecule has 3 rings (SSSR count). The summed E-state index contributed by atoms with van der Waals surface area (Å²) < 4.78 is 20.6. The molecule has 96 valence electrons. The predicted molar refractivity (Wildman–Crippen MR) is 60.0 cm³/mol. The Morgan fingerprint density at radius 1 is 1.56 bits per heavy atom. The average Bonchev–Trinajstić information content (AvgIpc) is 2.94. The zero-order valence-corrected chi connectivity index (χ0v) is 9.45. The lowest BCUT2D eigenvalue weighted by Gasteiger charge is -2.18. The Morgan fingerprint density at radius 3 is 3.11 bits per heavy atom. The lowest BCUT2D eigenvalue weighted by Crippen LogP contribution is -2.27. The molecule has 0 saturated carbocycles. The predicted octanol–water partition coefficient (Wildman–Crippen LogP) is 0.376. The van der Waals surface area contributed by atoms with Crippen molar-refractivity contribution in [3.63, 3.8) is 0 Å². The van der Waals surface area contributed by atoms with E-state index in [1.165, 1.54) is 12.7 Å². The highest BCUT2D eigenvalue weighted by atomic mass is 19.2. The zero-order valence-electron chi connectivity index (χ0n) is 9.45. The minimum atomic E-state index is -1.99. The number of imidazole rings is 1. The van der Waals surface area contributed by atoms with Crippen molar-refractivity contribution in [3.8, 4) is 0 Å². The number of nitrogen functional groups attached to an aromatic ring is 1. The van der Waals surface area contributed by atoms with Gasteiger partial charge in [0.2, 0.25) is 5.85 Å². The Balaban J connectivity index is 1.99. The fourth-order valence-corrected chi connectivity index (χ4v) is 2.09. The van der Waals surface area contributed by atoms with E-state index in [1.807, 2.05) is 0 Å². The Hall–Kier alpha value is -1.80. The summed E-state index contributed by atoms with van der Waals surface area (Å²) in [6.07, 6.45) is 2.84. The maximum Gasteiger partial charge on any atom is 0.234 e. The van der Waals surface area contributed by atoms with Gasteiger partial charge in [-0.05, 0) is 6.42 Å². The zero-order chi connectivity index (χ0) is 12.8. The first-order valence-electron chi connectivity index (χ1n) is 5.53. The molecule has 0 radical (unpaired) electrons. The number of anilines is 1. The second kappa shape index (κ2) is 3.85. The first kappa shape index (κ1) is 11.3. The van der Waals surface area contributed by atoms with E-state index in [-0.39, 0.29) is 12.2 Å². The molecule has 0 bridgehead atoms. The molecule has 1 aliphatic heterocycles. The van der Waals surface area contributed by atoms with Gasteiger partial charge in [0, 0.05) is 6.42 Å². The SMILES string of the molecule is Nc1ncnc2c1ncn2[C@H]1CC[C@](F)(CO)O1. The molecule has 3 heterocycles. The van der Waals surface area contributed by atoms with Crippen LogP contribution in [0.1, 0.15) is 19.1 Å². The Labute approximate surface area is 101 Å². The van der Waals surface area contributed by atoms with Gasteiger partial charge in [0.1, 0.15) is 24.7 Å². The van der Waals surface area contributed by atoms with E-state index < -0.39 is 18.7 Å². The lowest BCUT2D eigenvalue weighted by atomic mass is 10.2.